The van der Waals surface area contributed by atoms with E-state index in [1.54, 1.807) is 6.92 Å². The molecule has 8 heteroatoms. The Kier molecular flexibility index (Phi) is 7.13. The van der Waals surface area contributed by atoms with Gasteiger partial charge in [-0.3, -0.25) is 9.69 Å². The number of primary sulfonamides is 1. The number of hydrogen-bond acceptors (Lipinski definition) is 5. The van der Waals surface area contributed by atoms with Crippen LogP contribution in [0.3, 0.4) is 0 Å². The summed E-state index contributed by atoms with van der Waals surface area (Å²) in [6.45, 7) is 7.89. The average Bonchev–Trinajstić information content (AvgIpc) is 2.79. The van der Waals surface area contributed by atoms with E-state index in [4.69, 9.17) is 9.88 Å². The molecule has 3 aromatic carbocycles. The van der Waals surface area contributed by atoms with Gasteiger partial charge >= 0.3 is 0 Å². The van der Waals surface area contributed by atoms with Crippen molar-refractivity contribution in [1.29, 1.82) is 0 Å². The molecule has 0 saturated carbocycles. The van der Waals surface area contributed by atoms with Crippen molar-refractivity contribution in [2.24, 2.45) is 5.14 Å². The molecule has 0 bridgehead atoms. The Morgan fingerprint density at radius 3 is 2.38 bits per heavy atom. The number of morpholine rings is 1. The molecule has 0 unspecified atom stereocenters. The number of nitrogens with two attached hydrogens (primary N) is 1. The van der Waals surface area contributed by atoms with E-state index in [0.717, 1.165) is 44.0 Å². The van der Waals surface area contributed by atoms with Crippen molar-refractivity contribution >= 4 is 21.6 Å². The number of carbonyl (C=O) groups is 1. The quantitative estimate of drug-likeness (QED) is 0.561. The van der Waals surface area contributed by atoms with Crippen LogP contribution in [0.4, 0.5) is 5.69 Å². The summed E-state index contributed by atoms with van der Waals surface area (Å²) in [7, 11) is -3.83. The number of nitrogens with zero attached hydrogens (tertiary/aromatic N) is 1. The highest BCUT2D eigenvalue weighted by Crippen LogP contribution is 2.30. The second-order valence-corrected chi connectivity index (χ2v) is 10.1. The SMILES string of the molecule is Cc1cc(NC(=O)c2ccc(S(N)(=O)=O)c(C)c2)ccc1-c1ccccc1CN1CCOCC1. The molecule has 1 amide bonds. The van der Waals surface area contributed by atoms with Crippen LogP contribution in [0.15, 0.2) is 65.6 Å². The zero-order valence-corrected chi connectivity index (χ0v) is 20.2. The molecular formula is C26H29N3O4S. The van der Waals surface area contributed by atoms with Gasteiger partial charge in [0, 0.05) is 30.9 Å². The second-order valence-electron chi connectivity index (χ2n) is 8.55. The Balaban J connectivity index is 1.53. The Labute approximate surface area is 200 Å². The van der Waals surface area contributed by atoms with Gasteiger partial charge in [-0.1, -0.05) is 30.3 Å². The van der Waals surface area contributed by atoms with Crippen LogP contribution in [-0.4, -0.2) is 45.5 Å². The van der Waals surface area contributed by atoms with Gasteiger partial charge in [0.05, 0.1) is 18.1 Å². The molecule has 1 aliphatic rings. The maximum absolute atomic E-state index is 12.8. The van der Waals surface area contributed by atoms with E-state index >= 15 is 0 Å². The predicted octanol–water partition coefficient (Wildman–Crippen LogP) is 3.70. The maximum Gasteiger partial charge on any atom is 0.255 e. The first-order chi connectivity index (χ1) is 16.2. The lowest BCUT2D eigenvalue weighted by Gasteiger charge is -2.27. The Morgan fingerprint density at radius 2 is 1.71 bits per heavy atom. The number of aryl methyl sites for hydroxylation is 2. The van der Waals surface area contributed by atoms with Gasteiger partial charge in [-0.25, -0.2) is 13.6 Å². The number of rotatable bonds is 6. The van der Waals surface area contributed by atoms with E-state index in [0.29, 0.717) is 16.8 Å². The lowest BCUT2D eigenvalue weighted by Crippen LogP contribution is -2.35. The molecular weight excluding hydrogens is 450 g/mol. The fourth-order valence-corrected chi connectivity index (χ4v) is 5.04. The minimum Gasteiger partial charge on any atom is -0.379 e. The highest BCUT2D eigenvalue weighted by molar-refractivity contribution is 7.89. The molecule has 0 radical (unpaired) electrons. The van der Waals surface area contributed by atoms with Crippen molar-refractivity contribution in [1.82, 2.24) is 4.90 Å². The molecule has 1 saturated heterocycles. The number of nitrogens with one attached hydrogen (secondary N) is 1. The smallest absolute Gasteiger partial charge is 0.255 e. The number of hydrogen-bond donors (Lipinski definition) is 2. The molecule has 0 aromatic heterocycles. The van der Waals surface area contributed by atoms with Gasteiger partial charge in [0.25, 0.3) is 5.91 Å². The summed E-state index contributed by atoms with van der Waals surface area (Å²) >= 11 is 0. The highest BCUT2D eigenvalue weighted by atomic mass is 32.2. The first-order valence-corrected chi connectivity index (χ1v) is 12.7. The predicted molar refractivity (Wildman–Crippen MR) is 133 cm³/mol. The summed E-state index contributed by atoms with van der Waals surface area (Å²) in [6.07, 6.45) is 0. The topological polar surface area (TPSA) is 102 Å². The van der Waals surface area contributed by atoms with Gasteiger partial charge < -0.3 is 10.1 Å². The van der Waals surface area contributed by atoms with E-state index < -0.39 is 10.0 Å². The summed E-state index contributed by atoms with van der Waals surface area (Å²) in [5.74, 6) is -0.316. The van der Waals surface area contributed by atoms with Crippen LogP contribution in [0, 0.1) is 13.8 Å². The summed E-state index contributed by atoms with van der Waals surface area (Å²) < 4.78 is 28.7. The van der Waals surface area contributed by atoms with Gasteiger partial charge in [-0.15, -0.1) is 0 Å². The van der Waals surface area contributed by atoms with E-state index in [9.17, 15) is 13.2 Å². The Hall–Kier alpha value is -3.04. The van der Waals surface area contributed by atoms with Crippen LogP contribution in [0.1, 0.15) is 27.0 Å². The monoisotopic (exact) mass is 479 g/mol. The average molecular weight is 480 g/mol. The molecule has 1 fully saturated rings. The normalized spacial score (nSPS) is 14.7. The molecule has 3 aromatic rings. The second kappa shape index (κ2) is 10.1. The molecule has 7 nitrogen and oxygen atoms in total. The van der Waals surface area contributed by atoms with Crippen molar-refractivity contribution in [2.45, 2.75) is 25.3 Å². The first-order valence-electron chi connectivity index (χ1n) is 11.2. The van der Waals surface area contributed by atoms with Gasteiger partial charge in [-0.2, -0.15) is 0 Å². The molecule has 4 rings (SSSR count). The van der Waals surface area contributed by atoms with E-state index in [1.807, 2.05) is 31.2 Å². The Morgan fingerprint density at radius 1 is 0.971 bits per heavy atom. The molecule has 0 atom stereocenters. The van der Waals surface area contributed by atoms with Crippen LogP contribution in [-0.2, 0) is 21.3 Å². The molecule has 178 valence electrons. The number of benzene rings is 3. The van der Waals surface area contributed by atoms with Crippen LogP contribution in [0.5, 0.6) is 0 Å². The first kappa shape index (κ1) is 24.1. The molecule has 1 aliphatic heterocycles. The minimum absolute atomic E-state index is 0.0139. The van der Waals surface area contributed by atoms with Crippen LogP contribution >= 0.6 is 0 Å². The fraction of sp³-hybridized carbons (Fsp3) is 0.269. The van der Waals surface area contributed by atoms with Crippen LogP contribution in [0.2, 0.25) is 0 Å². The third-order valence-corrected chi connectivity index (χ3v) is 7.10. The van der Waals surface area contributed by atoms with E-state index in [-0.39, 0.29) is 10.8 Å². The van der Waals surface area contributed by atoms with Gasteiger partial charge in [0.2, 0.25) is 10.0 Å². The van der Waals surface area contributed by atoms with Gasteiger partial charge in [0.15, 0.2) is 0 Å². The van der Waals surface area contributed by atoms with Gasteiger partial charge in [-0.05, 0) is 72.0 Å². The van der Waals surface area contributed by atoms with Crippen molar-refractivity contribution < 1.29 is 17.9 Å². The van der Waals surface area contributed by atoms with Crippen molar-refractivity contribution in [2.75, 3.05) is 31.6 Å². The van der Waals surface area contributed by atoms with Crippen LogP contribution in [0.25, 0.3) is 11.1 Å². The maximum atomic E-state index is 12.8. The molecule has 3 N–H and O–H groups in total. The summed E-state index contributed by atoms with van der Waals surface area (Å²) in [5.41, 5.74) is 6.07. The Bertz CT molecular complexity index is 1320. The molecule has 34 heavy (non-hydrogen) atoms. The molecule has 1 heterocycles. The number of ether oxygens (including phenoxy) is 1. The minimum atomic E-state index is -3.83. The number of sulfonamides is 1. The van der Waals surface area contributed by atoms with E-state index in [1.165, 1.54) is 29.3 Å². The standard InChI is InChI=1S/C26H29N3O4S/c1-18-16-22(28-26(30)20-7-10-25(19(2)15-20)34(27,31)32)8-9-23(18)24-6-4-3-5-21(24)17-29-11-13-33-14-12-29/h3-10,15-16H,11-14,17H2,1-2H3,(H,28,30)(H2,27,31,32). The lowest BCUT2D eigenvalue weighted by molar-refractivity contribution is 0.0342. The summed E-state index contributed by atoms with van der Waals surface area (Å²) in [5, 5.41) is 8.11. The third kappa shape index (κ3) is 5.53. The largest absolute Gasteiger partial charge is 0.379 e. The zero-order valence-electron chi connectivity index (χ0n) is 19.4. The van der Waals surface area contributed by atoms with Crippen molar-refractivity contribution in [3.63, 3.8) is 0 Å². The highest BCUT2D eigenvalue weighted by Gasteiger charge is 2.16. The van der Waals surface area contributed by atoms with Crippen LogP contribution < -0.4 is 10.5 Å². The van der Waals surface area contributed by atoms with E-state index in [2.05, 4.69) is 28.4 Å². The van der Waals surface area contributed by atoms with Gasteiger partial charge in [0.1, 0.15) is 0 Å². The fourth-order valence-electron chi connectivity index (χ4n) is 4.28. The summed E-state index contributed by atoms with van der Waals surface area (Å²) in [6, 6.07) is 18.6. The molecule has 0 spiro atoms. The number of carbonyl (C=O) groups excluding carboxylic acids is 1. The van der Waals surface area contributed by atoms with Crippen molar-refractivity contribution in [3.05, 3.63) is 82.9 Å². The third-order valence-electron chi connectivity index (χ3n) is 6.03. The number of anilines is 1. The number of amides is 1. The zero-order chi connectivity index (χ0) is 24.3. The summed E-state index contributed by atoms with van der Waals surface area (Å²) in [4.78, 5) is 15.2. The molecule has 0 aliphatic carbocycles. The van der Waals surface area contributed by atoms with Crippen molar-refractivity contribution in [3.8, 4) is 11.1 Å². The lowest BCUT2D eigenvalue weighted by atomic mass is 9.95.